The maximum Gasteiger partial charge on any atom is 0.339 e. The molecule has 98 valence electrons. The summed E-state index contributed by atoms with van der Waals surface area (Å²) < 4.78 is 0. The number of carboxylic acid groups (broad SMARTS) is 1. The first kappa shape index (κ1) is 12.9. The molecule has 4 heteroatoms. The number of nitrogens with one attached hydrogen (secondary N) is 1. The first-order valence-electron chi connectivity index (χ1n) is 6.41. The smallest absolute Gasteiger partial charge is 0.339 e. The van der Waals surface area contributed by atoms with Gasteiger partial charge in [0.25, 0.3) is 0 Å². The average Bonchev–Trinajstić information content (AvgIpc) is 2.62. The van der Waals surface area contributed by atoms with Gasteiger partial charge in [-0.15, -0.1) is 0 Å². The van der Waals surface area contributed by atoms with E-state index in [4.69, 9.17) is 0 Å². The van der Waals surface area contributed by atoms with Crippen molar-refractivity contribution in [3.8, 4) is 0 Å². The fourth-order valence-electron chi connectivity index (χ4n) is 2.76. The topological polar surface area (TPSA) is 62.2 Å². The van der Waals surface area contributed by atoms with E-state index >= 15 is 0 Å². The molecule has 1 aliphatic carbocycles. The number of rotatable bonds is 3. The van der Waals surface area contributed by atoms with Gasteiger partial charge >= 0.3 is 5.97 Å². The third kappa shape index (κ3) is 2.47. The molecular formula is C14H20N2O2. The van der Waals surface area contributed by atoms with Gasteiger partial charge in [0.1, 0.15) is 11.4 Å². The fraction of sp³-hybridized carbons (Fsp3) is 0.571. The van der Waals surface area contributed by atoms with Gasteiger partial charge in [0.15, 0.2) is 0 Å². The largest absolute Gasteiger partial charge is 0.478 e. The monoisotopic (exact) mass is 248 g/mol. The van der Waals surface area contributed by atoms with Crippen LogP contribution in [0.25, 0.3) is 0 Å². The second kappa shape index (κ2) is 4.59. The number of hydrogen-bond acceptors (Lipinski definition) is 3. The number of carboxylic acids is 1. The van der Waals surface area contributed by atoms with Gasteiger partial charge in [-0.05, 0) is 45.2 Å². The molecule has 0 atom stereocenters. The van der Waals surface area contributed by atoms with Crippen LogP contribution in [0, 0.1) is 13.8 Å². The van der Waals surface area contributed by atoms with E-state index in [-0.39, 0.29) is 5.54 Å². The zero-order chi connectivity index (χ0) is 13.3. The number of aryl methyl sites for hydroxylation is 2. The zero-order valence-electron chi connectivity index (χ0n) is 11.2. The SMILES string of the molecule is Cc1cc(C)c(C(=O)O)c(NC2(C)CCCC2)n1. The number of carbonyl (C=O) groups is 1. The van der Waals surface area contributed by atoms with Crippen molar-refractivity contribution in [2.45, 2.75) is 52.0 Å². The summed E-state index contributed by atoms with van der Waals surface area (Å²) in [5.74, 6) is -0.395. The fourth-order valence-corrected chi connectivity index (χ4v) is 2.76. The molecule has 0 bridgehead atoms. The van der Waals surface area contributed by atoms with Gasteiger partial charge in [0.2, 0.25) is 0 Å². The highest BCUT2D eigenvalue weighted by atomic mass is 16.4. The molecule has 4 nitrogen and oxygen atoms in total. The number of aromatic carboxylic acids is 1. The minimum Gasteiger partial charge on any atom is -0.478 e. The molecule has 2 rings (SSSR count). The maximum atomic E-state index is 11.4. The van der Waals surface area contributed by atoms with Gasteiger partial charge in [-0.3, -0.25) is 0 Å². The number of anilines is 1. The van der Waals surface area contributed by atoms with Crippen LogP contribution in [0.4, 0.5) is 5.82 Å². The van der Waals surface area contributed by atoms with Gasteiger partial charge in [0, 0.05) is 11.2 Å². The van der Waals surface area contributed by atoms with E-state index in [1.807, 2.05) is 19.9 Å². The van der Waals surface area contributed by atoms with Crippen LogP contribution in [0.5, 0.6) is 0 Å². The first-order chi connectivity index (χ1) is 8.41. The van der Waals surface area contributed by atoms with Crippen LogP contribution in [0.15, 0.2) is 6.07 Å². The van der Waals surface area contributed by atoms with E-state index in [1.165, 1.54) is 12.8 Å². The molecule has 0 unspecified atom stereocenters. The van der Waals surface area contributed by atoms with Gasteiger partial charge in [-0.25, -0.2) is 9.78 Å². The summed E-state index contributed by atoms with van der Waals surface area (Å²) in [6, 6.07) is 1.81. The second-order valence-electron chi connectivity index (χ2n) is 5.50. The highest BCUT2D eigenvalue weighted by Gasteiger charge is 2.30. The highest BCUT2D eigenvalue weighted by molar-refractivity contribution is 5.95. The number of aromatic nitrogens is 1. The lowest BCUT2D eigenvalue weighted by Crippen LogP contribution is -2.32. The van der Waals surface area contributed by atoms with E-state index in [9.17, 15) is 9.90 Å². The predicted octanol–water partition coefficient (Wildman–Crippen LogP) is 3.14. The number of nitrogens with zero attached hydrogens (tertiary/aromatic N) is 1. The van der Waals surface area contributed by atoms with E-state index in [2.05, 4.69) is 17.2 Å². The molecule has 0 aliphatic heterocycles. The molecular weight excluding hydrogens is 228 g/mol. The molecule has 1 aliphatic rings. The van der Waals surface area contributed by atoms with E-state index in [1.54, 1.807) is 0 Å². The molecule has 0 spiro atoms. The Balaban J connectivity index is 2.39. The van der Waals surface area contributed by atoms with Crippen LogP contribution in [-0.2, 0) is 0 Å². The molecule has 1 saturated carbocycles. The van der Waals surface area contributed by atoms with E-state index in [0.717, 1.165) is 24.1 Å². The van der Waals surface area contributed by atoms with Gasteiger partial charge < -0.3 is 10.4 Å². The Kier molecular flexibility index (Phi) is 3.28. The lowest BCUT2D eigenvalue weighted by Gasteiger charge is -2.27. The van der Waals surface area contributed by atoms with Gasteiger partial charge in [-0.2, -0.15) is 0 Å². The summed E-state index contributed by atoms with van der Waals surface area (Å²) in [5, 5.41) is 12.7. The van der Waals surface area contributed by atoms with Crippen molar-refractivity contribution >= 4 is 11.8 Å². The van der Waals surface area contributed by atoms with Crippen molar-refractivity contribution in [3.63, 3.8) is 0 Å². The van der Waals surface area contributed by atoms with Crippen LogP contribution >= 0.6 is 0 Å². The molecule has 0 amide bonds. The summed E-state index contributed by atoms with van der Waals surface area (Å²) in [6.45, 7) is 5.85. The van der Waals surface area contributed by atoms with Crippen molar-refractivity contribution in [2.24, 2.45) is 0 Å². The van der Waals surface area contributed by atoms with Crippen LogP contribution < -0.4 is 5.32 Å². The Morgan fingerprint density at radius 2 is 2.00 bits per heavy atom. The Labute approximate surface area is 107 Å². The van der Waals surface area contributed by atoms with Crippen LogP contribution in [0.3, 0.4) is 0 Å². The van der Waals surface area contributed by atoms with Crippen molar-refractivity contribution in [3.05, 3.63) is 22.9 Å². The lowest BCUT2D eigenvalue weighted by atomic mass is 9.99. The summed E-state index contributed by atoms with van der Waals surface area (Å²) in [4.78, 5) is 15.7. The van der Waals surface area contributed by atoms with Crippen LogP contribution in [0.1, 0.15) is 54.2 Å². The third-order valence-electron chi connectivity index (χ3n) is 3.69. The van der Waals surface area contributed by atoms with Crippen LogP contribution in [0.2, 0.25) is 0 Å². The maximum absolute atomic E-state index is 11.4. The zero-order valence-corrected chi connectivity index (χ0v) is 11.2. The first-order valence-corrected chi connectivity index (χ1v) is 6.41. The summed E-state index contributed by atoms with van der Waals surface area (Å²) >= 11 is 0. The Bertz CT molecular complexity index is 477. The molecule has 1 aromatic rings. The standard InChI is InChI=1S/C14H20N2O2/c1-9-8-10(2)15-12(11(9)13(17)18)16-14(3)6-4-5-7-14/h8H,4-7H2,1-3H3,(H,15,16)(H,17,18). The molecule has 0 radical (unpaired) electrons. The summed E-state index contributed by atoms with van der Waals surface area (Å²) in [5.41, 5.74) is 1.90. The lowest BCUT2D eigenvalue weighted by molar-refractivity contribution is 0.0696. The van der Waals surface area contributed by atoms with Crippen molar-refractivity contribution in [1.82, 2.24) is 4.98 Å². The molecule has 1 fully saturated rings. The van der Waals surface area contributed by atoms with Crippen molar-refractivity contribution in [2.75, 3.05) is 5.32 Å². The number of pyridine rings is 1. The van der Waals surface area contributed by atoms with Crippen molar-refractivity contribution in [1.29, 1.82) is 0 Å². The van der Waals surface area contributed by atoms with Gasteiger partial charge in [-0.1, -0.05) is 12.8 Å². The molecule has 18 heavy (non-hydrogen) atoms. The average molecular weight is 248 g/mol. The second-order valence-corrected chi connectivity index (χ2v) is 5.50. The Hall–Kier alpha value is -1.58. The summed E-state index contributed by atoms with van der Waals surface area (Å²) in [7, 11) is 0. The van der Waals surface area contributed by atoms with E-state index in [0.29, 0.717) is 11.4 Å². The summed E-state index contributed by atoms with van der Waals surface area (Å²) in [6.07, 6.45) is 4.52. The molecule has 0 saturated heterocycles. The molecule has 1 heterocycles. The van der Waals surface area contributed by atoms with E-state index < -0.39 is 5.97 Å². The van der Waals surface area contributed by atoms with Gasteiger partial charge in [0.05, 0.1) is 0 Å². The normalized spacial score (nSPS) is 17.7. The third-order valence-corrected chi connectivity index (χ3v) is 3.69. The Morgan fingerprint density at radius 3 is 2.56 bits per heavy atom. The van der Waals surface area contributed by atoms with Crippen LogP contribution in [-0.4, -0.2) is 21.6 Å². The van der Waals surface area contributed by atoms with Crippen molar-refractivity contribution < 1.29 is 9.90 Å². The Morgan fingerprint density at radius 1 is 1.39 bits per heavy atom. The minimum absolute atomic E-state index is 0.0164. The molecule has 1 aromatic heterocycles. The minimum atomic E-state index is -0.913. The quantitative estimate of drug-likeness (QED) is 0.862. The molecule has 2 N–H and O–H groups in total. The predicted molar refractivity (Wildman–Crippen MR) is 71.2 cm³/mol. The number of hydrogen-bond donors (Lipinski definition) is 2. The highest BCUT2D eigenvalue weighted by Crippen LogP contribution is 2.33. The molecule has 0 aromatic carbocycles.